The van der Waals surface area contributed by atoms with Crippen LogP contribution in [0.25, 0.3) is 0 Å². The highest BCUT2D eigenvalue weighted by Gasteiger charge is 2.38. The van der Waals surface area contributed by atoms with Gasteiger partial charge in [-0.2, -0.15) is 18.3 Å². The van der Waals surface area contributed by atoms with Gasteiger partial charge in [-0.25, -0.2) is 0 Å². The SMILES string of the molecule is CCC(NC(=O)C(C)Cn1nc(C(F)(F)F)cc1C1CC1)c1ccccc1. The zero-order valence-electron chi connectivity index (χ0n) is 15.5. The van der Waals surface area contributed by atoms with E-state index in [1.54, 1.807) is 6.92 Å². The van der Waals surface area contributed by atoms with E-state index in [1.807, 2.05) is 37.3 Å². The molecule has 146 valence electrons. The van der Waals surface area contributed by atoms with Crippen molar-refractivity contribution >= 4 is 5.91 Å². The summed E-state index contributed by atoms with van der Waals surface area (Å²) < 4.78 is 40.4. The molecule has 1 N–H and O–H groups in total. The van der Waals surface area contributed by atoms with Gasteiger partial charge < -0.3 is 5.32 Å². The molecule has 7 heteroatoms. The number of amides is 1. The van der Waals surface area contributed by atoms with E-state index >= 15 is 0 Å². The number of carbonyl (C=O) groups excluding carboxylic acids is 1. The largest absolute Gasteiger partial charge is 0.435 e. The Morgan fingerprint density at radius 1 is 1.30 bits per heavy atom. The molecule has 1 saturated carbocycles. The summed E-state index contributed by atoms with van der Waals surface area (Å²) in [6.45, 7) is 3.84. The number of benzene rings is 1. The molecular weight excluding hydrogens is 355 g/mol. The molecule has 1 amide bonds. The molecule has 1 heterocycles. The molecule has 0 spiro atoms. The highest BCUT2D eigenvalue weighted by Crippen LogP contribution is 2.42. The number of carbonyl (C=O) groups is 1. The van der Waals surface area contributed by atoms with Crippen LogP contribution in [0, 0.1) is 5.92 Å². The van der Waals surface area contributed by atoms with Crippen LogP contribution in [0.3, 0.4) is 0 Å². The molecule has 27 heavy (non-hydrogen) atoms. The van der Waals surface area contributed by atoms with Crippen LogP contribution in [-0.4, -0.2) is 15.7 Å². The van der Waals surface area contributed by atoms with Crippen LogP contribution >= 0.6 is 0 Å². The fourth-order valence-corrected chi connectivity index (χ4v) is 3.19. The van der Waals surface area contributed by atoms with E-state index in [2.05, 4.69) is 10.4 Å². The van der Waals surface area contributed by atoms with Crippen LogP contribution in [0.5, 0.6) is 0 Å². The van der Waals surface area contributed by atoms with Gasteiger partial charge in [-0.05, 0) is 30.9 Å². The summed E-state index contributed by atoms with van der Waals surface area (Å²) in [6.07, 6.45) is -2.00. The molecule has 0 saturated heterocycles. The Kier molecular flexibility index (Phi) is 5.58. The van der Waals surface area contributed by atoms with E-state index in [1.165, 1.54) is 4.68 Å². The predicted octanol–water partition coefficient (Wildman–Crippen LogP) is 4.68. The van der Waals surface area contributed by atoms with Crippen molar-refractivity contribution in [3.8, 4) is 0 Å². The van der Waals surface area contributed by atoms with Crippen molar-refractivity contribution in [2.24, 2.45) is 5.92 Å². The van der Waals surface area contributed by atoms with E-state index in [0.29, 0.717) is 5.69 Å². The van der Waals surface area contributed by atoms with Gasteiger partial charge in [0.05, 0.1) is 18.5 Å². The Morgan fingerprint density at radius 3 is 2.52 bits per heavy atom. The highest BCUT2D eigenvalue weighted by atomic mass is 19.4. The van der Waals surface area contributed by atoms with E-state index < -0.39 is 17.8 Å². The molecule has 2 aromatic rings. The normalized spacial score (nSPS) is 16.8. The van der Waals surface area contributed by atoms with Crippen molar-refractivity contribution in [3.05, 3.63) is 53.3 Å². The monoisotopic (exact) mass is 379 g/mol. The summed E-state index contributed by atoms with van der Waals surface area (Å²) in [5.74, 6) is -0.547. The van der Waals surface area contributed by atoms with Crippen LogP contribution in [0.1, 0.15) is 62.0 Å². The maximum atomic E-state index is 13.0. The smallest absolute Gasteiger partial charge is 0.349 e. The Bertz CT molecular complexity index is 782. The standard InChI is InChI=1S/C20H24F3N3O/c1-3-16(14-7-5-4-6-8-14)24-19(27)13(2)12-26-17(15-9-10-15)11-18(25-26)20(21,22)23/h4-8,11,13,15-16H,3,9-10,12H2,1-2H3,(H,24,27). The highest BCUT2D eigenvalue weighted by molar-refractivity contribution is 5.78. The van der Waals surface area contributed by atoms with Gasteiger partial charge in [0.2, 0.25) is 5.91 Å². The molecule has 0 aliphatic heterocycles. The minimum absolute atomic E-state index is 0.118. The summed E-state index contributed by atoms with van der Waals surface area (Å²) in [5.41, 5.74) is 0.711. The van der Waals surface area contributed by atoms with Crippen LogP contribution in [0.15, 0.2) is 36.4 Å². The van der Waals surface area contributed by atoms with Gasteiger partial charge in [-0.1, -0.05) is 44.2 Å². The summed E-state index contributed by atoms with van der Waals surface area (Å²) in [7, 11) is 0. The first kappa shape index (κ1) is 19.5. The second-order valence-corrected chi connectivity index (χ2v) is 7.19. The van der Waals surface area contributed by atoms with Crippen molar-refractivity contribution in [2.75, 3.05) is 0 Å². The number of halogens is 3. The lowest BCUT2D eigenvalue weighted by Gasteiger charge is -2.21. The fraction of sp³-hybridized carbons (Fsp3) is 0.500. The minimum atomic E-state index is -4.47. The lowest BCUT2D eigenvalue weighted by Crippen LogP contribution is -2.34. The second-order valence-electron chi connectivity index (χ2n) is 7.19. The first-order valence-corrected chi connectivity index (χ1v) is 9.29. The molecule has 0 bridgehead atoms. The fourth-order valence-electron chi connectivity index (χ4n) is 3.19. The summed E-state index contributed by atoms with van der Waals surface area (Å²) in [4.78, 5) is 12.6. The summed E-state index contributed by atoms with van der Waals surface area (Å²) >= 11 is 0. The van der Waals surface area contributed by atoms with E-state index in [0.717, 1.165) is 30.9 Å². The molecule has 1 aromatic carbocycles. The minimum Gasteiger partial charge on any atom is -0.349 e. The number of rotatable bonds is 7. The van der Waals surface area contributed by atoms with Crippen molar-refractivity contribution in [1.82, 2.24) is 15.1 Å². The number of aromatic nitrogens is 2. The lowest BCUT2D eigenvalue weighted by molar-refractivity contribution is -0.141. The third-order valence-electron chi connectivity index (χ3n) is 4.92. The topological polar surface area (TPSA) is 46.9 Å². The van der Waals surface area contributed by atoms with Crippen LogP contribution in [0.4, 0.5) is 13.2 Å². The molecule has 1 fully saturated rings. The number of hydrogen-bond acceptors (Lipinski definition) is 2. The summed E-state index contributed by atoms with van der Waals surface area (Å²) in [5, 5.41) is 6.74. The molecular formula is C20H24F3N3O. The number of nitrogens with one attached hydrogen (secondary N) is 1. The van der Waals surface area contributed by atoms with E-state index in [4.69, 9.17) is 0 Å². The molecule has 0 radical (unpaired) electrons. The first-order valence-electron chi connectivity index (χ1n) is 9.29. The maximum absolute atomic E-state index is 13.0. The van der Waals surface area contributed by atoms with Gasteiger partial charge >= 0.3 is 6.18 Å². The van der Waals surface area contributed by atoms with Gasteiger partial charge in [-0.3, -0.25) is 9.48 Å². The third kappa shape index (κ3) is 4.70. The first-order chi connectivity index (χ1) is 12.8. The molecule has 1 aliphatic carbocycles. The second kappa shape index (κ2) is 7.74. The average Bonchev–Trinajstić information content (AvgIpc) is 3.39. The lowest BCUT2D eigenvalue weighted by atomic mass is 10.0. The maximum Gasteiger partial charge on any atom is 0.435 e. The van der Waals surface area contributed by atoms with Crippen molar-refractivity contribution < 1.29 is 18.0 Å². The molecule has 1 aromatic heterocycles. The predicted molar refractivity (Wildman–Crippen MR) is 96.0 cm³/mol. The zero-order valence-corrected chi connectivity index (χ0v) is 15.5. The van der Waals surface area contributed by atoms with Crippen LogP contribution in [-0.2, 0) is 17.5 Å². The van der Waals surface area contributed by atoms with Crippen LogP contribution < -0.4 is 5.32 Å². The Labute approximate surface area is 156 Å². The molecule has 2 atom stereocenters. The van der Waals surface area contributed by atoms with Gasteiger partial charge in [-0.15, -0.1) is 0 Å². The molecule has 3 rings (SSSR count). The number of alkyl halides is 3. The zero-order chi connectivity index (χ0) is 19.6. The average molecular weight is 379 g/mol. The molecule has 2 unspecified atom stereocenters. The van der Waals surface area contributed by atoms with Crippen molar-refractivity contribution in [1.29, 1.82) is 0 Å². The van der Waals surface area contributed by atoms with Crippen molar-refractivity contribution in [3.63, 3.8) is 0 Å². The summed E-state index contributed by atoms with van der Waals surface area (Å²) in [6, 6.07) is 10.7. The Balaban J connectivity index is 1.70. The number of nitrogens with zero attached hydrogens (tertiary/aromatic N) is 2. The third-order valence-corrected chi connectivity index (χ3v) is 4.92. The van der Waals surface area contributed by atoms with Gasteiger partial charge in [0.1, 0.15) is 0 Å². The van der Waals surface area contributed by atoms with E-state index in [-0.39, 0.29) is 24.4 Å². The quantitative estimate of drug-likeness (QED) is 0.759. The molecule has 4 nitrogen and oxygen atoms in total. The van der Waals surface area contributed by atoms with Crippen LogP contribution in [0.2, 0.25) is 0 Å². The van der Waals surface area contributed by atoms with Crippen molar-refractivity contribution in [2.45, 2.75) is 57.8 Å². The Hall–Kier alpha value is -2.31. The van der Waals surface area contributed by atoms with Gasteiger partial charge in [0.15, 0.2) is 5.69 Å². The number of hydrogen-bond donors (Lipinski definition) is 1. The Morgan fingerprint density at radius 2 is 1.96 bits per heavy atom. The molecule has 1 aliphatic rings. The van der Waals surface area contributed by atoms with Gasteiger partial charge in [0.25, 0.3) is 0 Å². The van der Waals surface area contributed by atoms with E-state index in [9.17, 15) is 18.0 Å². The van der Waals surface area contributed by atoms with Gasteiger partial charge in [0, 0.05) is 11.6 Å².